The van der Waals surface area contributed by atoms with E-state index in [9.17, 15) is 12.8 Å². The van der Waals surface area contributed by atoms with Crippen LogP contribution in [-0.4, -0.2) is 38.4 Å². The van der Waals surface area contributed by atoms with Crippen LogP contribution in [0.5, 0.6) is 0 Å². The SMILES string of the molecule is C[C@@H]1CN(S(=O)(=O)c2ccc(Br)cc2F)CCN1.Cl. The number of hydrogen-bond acceptors (Lipinski definition) is 3. The first kappa shape index (κ1) is 16.8. The van der Waals surface area contributed by atoms with Crippen molar-refractivity contribution in [1.82, 2.24) is 9.62 Å². The largest absolute Gasteiger partial charge is 0.312 e. The van der Waals surface area contributed by atoms with Gasteiger partial charge in [0.15, 0.2) is 0 Å². The molecule has 0 unspecified atom stereocenters. The molecule has 1 fully saturated rings. The summed E-state index contributed by atoms with van der Waals surface area (Å²) >= 11 is 3.11. The molecule has 0 saturated carbocycles. The predicted octanol–water partition coefficient (Wildman–Crippen LogP) is 1.99. The lowest BCUT2D eigenvalue weighted by Gasteiger charge is -2.31. The summed E-state index contributed by atoms with van der Waals surface area (Å²) in [6, 6.07) is 4.06. The van der Waals surface area contributed by atoms with E-state index in [1.165, 1.54) is 22.5 Å². The molecule has 0 radical (unpaired) electrons. The van der Waals surface area contributed by atoms with Crippen molar-refractivity contribution in [3.63, 3.8) is 0 Å². The number of nitrogens with one attached hydrogen (secondary N) is 1. The van der Waals surface area contributed by atoms with Gasteiger partial charge in [0.25, 0.3) is 0 Å². The summed E-state index contributed by atoms with van der Waals surface area (Å²) in [5, 5.41) is 3.15. The molecule has 19 heavy (non-hydrogen) atoms. The van der Waals surface area contributed by atoms with E-state index in [4.69, 9.17) is 0 Å². The molecule has 0 aromatic heterocycles. The van der Waals surface area contributed by atoms with Crippen LogP contribution in [0.4, 0.5) is 4.39 Å². The first-order chi connectivity index (χ1) is 8.41. The zero-order valence-electron chi connectivity index (χ0n) is 10.3. The Morgan fingerprint density at radius 3 is 2.74 bits per heavy atom. The third kappa shape index (κ3) is 3.66. The number of hydrogen-bond donors (Lipinski definition) is 1. The molecule has 2 rings (SSSR count). The van der Waals surface area contributed by atoms with Gasteiger partial charge in [0, 0.05) is 30.1 Å². The quantitative estimate of drug-likeness (QED) is 0.862. The first-order valence-corrected chi connectivity index (χ1v) is 7.83. The van der Waals surface area contributed by atoms with Gasteiger partial charge in [-0.1, -0.05) is 15.9 Å². The highest BCUT2D eigenvalue weighted by molar-refractivity contribution is 9.10. The molecule has 1 N–H and O–H groups in total. The highest BCUT2D eigenvalue weighted by atomic mass is 79.9. The predicted molar refractivity (Wildman–Crippen MR) is 77.6 cm³/mol. The molecule has 0 bridgehead atoms. The lowest BCUT2D eigenvalue weighted by Crippen LogP contribution is -2.51. The molecule has 1 aliphatic rings. The van der Waals surface area contributed by atoms with Crippen LogP contribution < -0.4 is 5.32 Å². The van der Waals surface area contributed by atoms with E-state index in [0.29, 0.717) is 24.1 Å². The second-order valence-corrected chi connectivity index (χ2v) is 7.12. The number of halogens is 3. The average Bonchev–Trinajstić information content (AvgIpc) is 2.28. The summed E-state index contributed by atoms with van der Waals surface area (Å²) in [5.41, 5.74) is 0. The van der Waals surface area contributed by atoms with Crippen molar-refractivity contribution in [2.75, 3.05) is 19.6 Å². The molecule has 1 heterocycles. The minimum atomic E-state index is -3.74. The topological polar surface area (TPSA) is 49.4 Å². The summed E-state index contributed by atoms with van der Waals surface area (Å²) in [5.74, 6) is -0.726. The number of rotatable bonds is 2. The van der Waals surface area contributed by atoms with Crippen molar-refractivity contribution in [3.8, 4) is 0 Å². The van der Waals surface area contributed by atoms with Gasteiger partial charge in [-0.15, -0.1) is 12.4 Å². The zero-order valence-corrected chi connectivity index (χ0v) is 13.5. The molecule has 1 atom stereocenters. The third-order valence-electron chi connectivity index (χ3n) is 2.84. The van der Waals surface area contributed by atoms with Crippen LogP contribution in [0.3, 0.4) is 0 Å². The minimum Gasteiger partial charge on any atom is -0.312 e. The van der Waals surface area contributed by atoms with Gasteiger partial charge < -0.3 is 5.32 Å². The first-order valence-electron chi connectivity index (χ1n) is 5.60. The molecule has 1 saturated heterocycles. The number of sulfonamides is 1. The van der Waals surface area contributed by atoms with E-state index in [-0.39, 0.29) is 23.3 Å². The van der Waals surface area contributed by atoms with E-state index < -0.39 is 15.8 Å². The van der Waals surface area contributed by atoms with Gasteiger partial charge in [-0.05, 0) is 25.1 Å². The van der Waals surface area contributed by atoms with Crippen LogP contribution in [0.2, 0.25) is 0 Å². The maximum atomic E-state index is 13.7. The molecule has 8 heteroatoms. The molecule has 4 nitrogen and oxygen atoms in total. The Kier molecular flexibility index (Phi) is 5.76. The van der Waals surface area contributed by atoms with E-state index in [1.54, 1.807) is 0 Å². The molecule has 0 amide bonds. The molecule has 1 aromatic carbocycles. The maximum Gasteiger partial charge on any atom is 0.246 e. The number of benzene rings is 1. The smallest absolute Gasteiger partial charge is 0.246 e. The van der Waals surface area contributed by atoms with E-state index in [2.05, 4.69) is 21.2 Å². The lowest BCUT2D eigenvalue weighted by molar-refractivity contribution is 0.309. The van der Waals surface area contributed by atoms with Crippen LogP contribution in [0.15, 0.2) is 27.6 Å². The Balaban J connectivity index is 0.00000180. The van der Waals surface area contributed by atoms with E-state index in [0.717, 1.165) is 0 Å². The highest BCUT2D eigenvalue weighted by Crippen LogP contribution is 2.23. The van der Waals surface area contributed by atoms with E-state index in [1.807, 2.05) is 6.92 Å². The third-order valence-corrected chi connectivity index (χ3v) is 5.23. The zero-order chi connectivity index (χ0) is 13.3. The Hall–Kier alpha value is -0.210. The van der Waals surface area contributed by atoms with Crippen molar-refractivity contribution < 1.29 is 12.8 Å². The fourth-order valence-corrected chi connectivity index (χ4v) is 3.85. The maximum absolute atomic E-state index is 13.7. The van der Waals surface area contributed by atoms with Crippen LogP contribution in [0, 0.1) is 5.82 Å². The van der Waals surface area contributed by atoms with Gasteiger partial charge in [0.05, 0.1) is 0 Å². The van der Waals surface area contributed by atoms with Crippen LogP contribution in [0.1, 0.15) is 6.92 Å². The summed E-state index contributed by atoms with van der Waals surface area (Å²) in [7, 11) is -3.74. The molecule has 1 aromatic rings. The standard InChI is InChI=1S/C11H14BrFN2O2S.ClH/c1-8-7-15(5-4-14-8)18(16,17)11-3-2-9(12)6-10(11)13;/h2-3,6,8,14H,4-5,7H2,1H3;1H/t8-;/m1./s1. The van der Waals surface area contributed by atoms with Crippen LogP contribution in [-0.2, 0) is 10.0 Å². The van der Waals surface area contributed by atoms with Crippen molar-refractivity contribution in [2.45, 2.75) is 17.9 Å². The van der Waals surface area contributed by atoms with Crippen LogP contribution in [0.25, 0.3) is 0 Å². The average molecular weight is 374 g/mol. The molecule has 0 spiro atoms. The highest BCUT2D eigenvalue weighted by Gasteiger charge is 2.30. The Morgan fingerprint density at radius 1 is 1.47 bits per heavy atom. The normalized spacial score (nSPS) is 20.9. The minimum absolute atomic E-state index is 0. The molecule has 108 valence electrons. The van der Waals surface area contributed by atoms with Crippen molar-refractivity contribution in [2.24, 2.45) is 0 Å². The van der Waals surface area contributed by atoms with Gasteiger partial charge in [0.2, 0.25) is 10.0 Å². The Bertz CT molecular complexity index is 556. The lowest BCUT2D eigenvalue weighted by atomic mass is 10.3. The second-order valence-electron chi connectivity index (χ2n) is 4.29. The van der Waals surface area contributed by atoms with Gasteiger partial charge in [-0.3, -0.25) is 0 Å². The van der Waals surface area contributed by atoms with Gasteiger partial charge in [0.1, 0.15) is 10.7 Å². The van der Waals surface area contributed by atoms with Gasteiger partial charge in [-0.2, -0.15) is 4.31 Å². The summed E-state index contributed by atoms with van der Waals surface area (Å²) in [4.78, 5) is -0.264. The second kappa shape index (κ2) is 6.49. The van der Waals surface area contributed by atoms with Crippen LogP contribution >= 0.6 is 28.3 Å². The monoisotopic (exact) mass is 372 g/mol. The summed E-state index contributed by atoms with van der Waals surface area (Å²) in [6.07, 6.45) is 0. The van der Waals surface area contributed by atoms with Crippen molar-refractivity contribution in [3.05, 3.63) is 28.5 Å². The summed E-state index contributed by atoms with van der Waals surface area (Å²) in [6.45, 7) is 3.21. The van der Waals surface area contributed by atoms with E-state index >= 15 is 0 Å². The van der Waals surface area contributed by atoms with Gasteiger partial charge in [-0.25, -0.2) is 12.8 Å². The Morgan fingerprint density at radius 2 is 2.16 bits per heavy atom. The van der Waals surface area contributed by atoms with Gasteiger partial charge >= 0.3 is 0 Å². The molecule has 0 aliphatic carbocycles. The number of nitrogens with zero attached hydrogens (tertiary/aromatic N) is 1. The molecular weight excluding hydrogens is 359 g/mol. The number of piperazine rings is 1. The molecular formula is C11H15BrClFN2O2S. The van der Waals surface area contributed by atoms with Crippen molar-refractivity contribution in [1.29, 1.82) is 0 Å². The fourth-order valence-electron chi connectivity index (χ4n) is 1.94. The Labute approximate surface area is 127 Å². The summed E-state index contributed by atoms with van der Waals surface area (Å²) < 4.78 is 40.2. The van der Waals surface area contributed by atoms with Crippen molar-refractivity contribution >= 4 is 38.4 Å². The fraction of sp³-hybridized carbons (Fsp3) is 0.455. The molecule has 1 aliphatic heterocycles.